The Morgan fingerprint density at radius 1 is 0.931 bits per heavy atom. The van der Waals surface area contributed by atoms with E-state index < -0.39 is 9.84 Å². The highest BCUT2D eigenvalue weighted by Gasteiger charge is 2.17. The topological polar surface area (TPSA) is 57.7 Å². The lowest BCUT2D eigenvalue weighted by atomic mass is 10.1. The van der Waals surface area contributed by atoms with Crippen molar-refractivity contribution >= 4 is 38.9 Å². The Morgan fingerprint density at radius 3 is 2.10 bits per heavy atom. The van der Waals surface area contributed by atoms with Crippen molar-refractivity contribution in [2.24, 2.45) is 0 Å². The quantitative estimate of drug-likeness (QED) is 0.568. The van der Waals surface area contributed by atoms with Crippen molar-refractivity contribution < 1.29 is 13.2 Å². The van der Waals surface area contributed by atoms with Gasteiger partial charge in [0.1, 0.15) is 0 Å². The van der Waals surface area contributed by atoms with E-state index in [0.29, 0.717) is 34.3 Å². The fourth-order valence-electron chi connectivity index (χ4n) is 2.92. The van der Waals surface area contributed by atoms with Crippen LogP contribution in [0.25, 0.3) is 0 Å². The zero-order valence-electron chi connectivity index (χ0n) is 16.9. The molecule has 0 aliphatic carbocycles. The van der Waals surface area contributed by atoms with Gasteiger partial charge in [0.05, 0.1) is 15.8 Å². The summed E-state index contributed by atoms with van der Waals surface area (Å²) in [6, 6.07) is 12.1. The van der Waals surface area contributed by atoms with Crippen LogP contribution in [0.1, 0.15) is 27.9 Å². The van der Waals surface area contributed by atoms with Crippen LogP contribution in [0.5, 0.6) is 0 Å². The van der Waals surface area contributed by atoms with Crippen LogP contribution in [0.4, 0.5) is 0 Å². The molecule has 0 aliphatic heterocycles. The Balaban J connectivity index is 2.19. The maximum Gasteiger partial charge on any atom is 0.254 e. The number of hydrogen-bond donors (Lipinski definition) is 0. The molecule has 1 amide bonds. The average molecular weight is 457 g/mol. The van der Waals surface area contributed by atoms with Crippen molar-refractivity contribution in [1.82, 2.24) is 9.80 Å². The third-order valence-electron chi connectivity index (χ3n) is 4.31. The predicted molar refractivity (Wildman–Crippen MR) is 119 cm³/mol. The number of carbonyl (C=O) groups is 1. The molecule has 0 unspecified atom stereocenters. The van der Waals surface area contributed by atoms with E-state index >= 15 is 0 Å². The smallest absolute Gasteiger partial charge is 0.254 e. The van der Waals surface area contributed by atoms with E-state index in [1.807, 2.05) is 20.2 Å². The average Bonchev–Trinajstić information content (AvgIpc) is 2.62. The summed E-state index contributed by atoms with van der Waals surface area (Å²) in [5.41, 5.74) is 2.08. The molecule has 29 heavy (non-hydrogen) atoms. The van der Waals surface area contributed by atoms with Gasteiger partial charge in [-0.1, -0.05) is 41.4 Å². The highest BCUT2D eigenvalue weighted by molar-refractivity contribution is 7.89. The molecule has 0 saturated heterocycles. The Bertz CT molecular complexity index is 945. The van der Waals surface area contributed by atoms with E-state index in [2.05, 4.69) is 4.90 Å². The van der Waals surface area contributed by atoms with Gasteiger partial charge < -0.3 is 9.80 Å². The first-order chi connectivity index (χ1) is 13.5. The summed E-state index contributed by atoms with van der Waals surface area (Å²) >= 11 is 12.1. The second-order valence-electron chi connectivity index (χ2n) is 7.40. The molecule has 5 nitrogen and oxygen atoms in total. The van der Waals surface area contributed by atoms with Gasteiger partial charge in [-0.15, -0.1) is 0 Å². The van der Waals surface area contributed by atoms with E-state index in [-0.39, 0.29) is 11.7 Å². The lowest BCUT2D eigenvalue weighted by molar-refractivity contribution is 0.0737. The monoisotopic (exact) mass is 456 g/mol. The zero-order valence-corrected chi connectivity index (χ0v) is 19.2. The molecule has 0 spiro atoms. The number of hydrogen-bond acceptors (Lipinski definition) is 4. The van der Waals surface area contributed by atoms with Crippen LogP contribution in [0, 0.1) is 0 Å². The van der Waals surface area contributed by atoms with Crippen molar-refractivity contribution in [3.63, 3.8) is 0 Å². The Hall–Kier alpha value is -1.60. The van der Waals surface area contributed by atoms with Gasteiger partial charge in [0.2, 0.25) is 0 Å². The van der Waals surface area contributed by atoms with Crippen molar-refractivity contribution in [3.05, 3.63) is 69.2 Å². The van der Waals surface area contributed by atoms with Crippen molar-refractivity contribution in [1.29, 1.82) is 0 Å². The number of amides is 1. The van der Waals surface area contributed by atoms with Gasteiger partial charge in [-0.2, -0.15) is 0 Å². The third kappa shape index (κ3) is 7.97. The summed E-state index contributed by atoms with van der Waals surface area (Å²) in [7, 11) is 0.865. The van der Waals surface area contributed by atoms with E-state index in [1.54, 1.807) is 41.3 Å². The molecule has 8 heteroatoms. The largest absolute Gasteiger partial charge is 0.334 e. The molecule has 0 saturated carbocycles. The van der Waals surface area contributed by atoms with E-state index in [0.717, 1.165) is 18.5 Å². The summed E-state index contributed by atoms with van der Waals surface area (Å²) in [6.45, 7) is 1.86. The normalized spacial score (nSPS) is 11.7. The van der Waals surface area contributed by atoms with Gasteiger partial charge in [0, 0.05) is 24.9 Å². The minimum atomic E-state index is -3.12. The first-order valence-electron chi connectivity index (χ1n) is 9.20. The predicted octanol–water partition coefficient (Wildman–Crippen LogP) is 4.13. The lowest BCUT2D eigenvalue weighted by Crippen LogP contribution is -2.33. The summed E-state index contributed by atoms with van der Waals surface area (Å²) in [5, 5.41) is 0.928. The second kappa shape index (κ2) is 10.4. The van der Waals surface area contributed by atoms with Crippen LogP contribution in [0.3, 0.4) is 0 Å². The minimum absolute atomic E-state index is 0.0444. The molecular weight excluding hydrogens is 431 g/mol. The van der Waals surface area contributed by atoms with Crippen LogP contribution >= 0.6 is 23.2 Å². The molecule has 0 bridgehead atoms. The molecule has 0 radical (unpaired) electrons. The van der Waals surface area contributed by atoms with Gasteiger partial charge in [0.15, 0.2) is 9.84 Å². The van der Waals surface area contributed by atoms with E-state index in [1.165, 1.54) is 6.26 Å². The Kier molecular flexibility index (Phi) is 8.52. The first-order valence-corrected chi connectivity index (χ1v) is 12.0. The summed E-state index contributed by atoms with van der Waals surface area (Å²) < 4.78 is 22.9. The SMILES string of the molecule is CN(C)CCCN(Cc1ccc(Cl)c(Cl)c1)C(=O)c1ccc(CS(C)(=O)=O)cc1. The summed E-state index contributed by atoms with van der Waals surface area (Å²) in [6.07, 6.45) is 2.02. The summed E-state index contributed by atoms with van der Waals surface area (Å²) in [4.78, 5) is 17.0. The molecule has 2 aromatic rings. The van der Waals surface area contributed by atoms with Crippen LogP contribution in [0.15, 0.2) is 42.5 Å². The number of sulfone groups is 1. The standard InChI is InChI=1S/C21H26Cl2N2O3S/c1-24(2)11-4-12-25(14-17-7-10-19(22)20(23)13-17)21(26)18-8-5-16(6-9-18)15-29(3,27)28/h5-10,13H,4,11-12,14-15H2,1-3H3. The number of rotatable bonds is 9. The van der Waals surface area contributed by atoms with Crippen molar-refractivity contribution in [3.8, 4) is 0 Å². The van der Waals surface area contributed by atoms with Crippen molar-refractivity contribution in [2.45, 2.75) is 18.7 Å². The lowest BCUT2D eigenvalue weighted by Gasteiger charge is -2.24. The Morgan fingerprint density at radius 2 is 1.55 bits per heavy atom. The fourth-order valence-corrected chi connectivity index (χ4v) is 4.04. The summed E-state index contributed by atoms with van der Waals surface area (Å²) in [5.74, 6) is -0.155. The zero-order chi connectivity index (χ0) is 21.6. The molecule has 0 heterocycles. The van der Waals surface area contributed by atoms with Gasteiger partial charge >= 0.3 is 0 Å². The molecule has 0 N–H and O–H groups in total. The van der Waals surface area contributed by atoms with Gasteiger partial charge in [-0.3, -0.25) is 4.79 Å². The van der Waals surface area contributed by atoms with Crippen LogP contribution in [-0.4, -0.2) is 57.6 Å². The van der Waals surface area contributed by atoms with Gasteiger partial charge in [-0.05, 0) is 62.5 Å². The molecule has 2 aromatic carbocycles. The van der Waals surface area contributed by atoms with E-state index in [9.17, 15) is 13.2 Å². The molecule has 0 atom stereocenters. The third-order valence-corrected chi connectivity index (χ3v) is 5.90. The second-order valence-corrected chi connectivity index (χ2v) is 10.4. The van der Waals surface area contributed by atoms with Crippen LogP contribution in [-0.2, 0) is 22.1 Å². The van der Waals surface area contributed by atoms with E-state index in [4.69, 9.17) is 23.2 Å². The molecule has 2 rings (SSSR count). The molecule has 0 aliphatic rings. The number of halogens is 2. The number of nitrogens with zero attached hydrogens (tertiary/aromatic N) is 2. The van der Waals surface area contributed by atoms with Crippen molar-refractivity contribution in [2.75, 3.05) is 33.4 Å². The van der Waals surface area contributed by atoms with Crippen LogP contribution < -0.4 is 0 Å². The molecule has 158 valence electrons. The minimum Gasteiger partial charge on any atom is -0.334 e. The maximum atomic E-state index is 13.1. The molecule has 0 fully saturated rings. The first kappa shape index (κ1) is 23.7. The van der Waals surface area contributed by atoms with Gasteiger partial charge in [0.25, 0.3) is 5.91 Å². The highest BCUT2D eigenvalue weighted by atomic mass is 35.5. The highest BCUT2D eigenvalue weighted by Crippen LogP contribution is 2.24. The molecule has 0 aromatic heterocycles. The fraction of sp³-hybridized carbons (Fsp3) is 0.381. The van der Waals surface area contributed by atoms with Gasteiger partial charge in [-0.25, -0.2) is 8.42 Å². The number of carbonyl (C=O) groups excluding carboxylic acids is 1. The maximum absolute atomic E-state index is 13.1. The molecular formula is C21H26Cl2N2O3S. The Labute approximate surface area is 183 Å². The van der Waals surface area contributed by atoms with Crippen LogP contribution in [0.2, 0.25) is 10.0 Å². The number of benzene rings is 2.